The number of nitrogens with zero attached hydrogens (tertiary/aromatic N) is 3. The average Bonchev–Trinajstić information content (AvgIpc) is 2.87. The van der Waals surface area contributed by atoms with E-state index in [-0.39, 0.29) is 0 Å². The van der Waals surface area contributed by atoms with Gasteiger partial charge in [-0.15, -0.1) is 11.3 Å². The normalized spacial score (nSPS) is 11.3. The van der Waals surface area contributed by atoms with Gasteiger partial charge in [-0.2, -0.15) is 0 Å². The first-order valence-corrected chi connectivity index (χ1v) is 7.26. The minimum absolute atomic E-state index is 0.969. The molecule has 3 rings (SSSR count). The van der Waals surface area contributed by atoms with E-state index in [9.17, 15) is 0 Å². The Hall–Kier alpha value is -1.20. The first-order chi connectivity index (χ1) is 8.56. The lowest BCUT2D eigenvalue weighted by Crippen LogP contribution is -1.89. The zero-order valence-corrected chi connectivity index (χ0v) is 12.8. The molecule has 0 aliphatic heterocycles. The fourth-order valence-electron chi connectivity index (χ4n) is 2.04. The first kappa shape index (κ1) is 11.9. The van der Waals surface area contributed by atoms with E-state index in [0.717, 1.165) is 37.1 Å². The van der Waals surface area contributed by atoms with Gasteiger partial charge in [0.15, 0.2) is 0 Å². The Labute approximate surface area is 118 Å². The topological polar surface area (TPSA) is 30.2 Å². The molecular weight excluding hydrogens is 310 g/mol. The maximum Gasteiger partial charge on any atom is 0.137 e. The molecule has 92 valence electrons. The highest BCUT2D eigenvalue weighted by atomic mass is 79.9. The van der Waals surface area contributed by atoms with Crippen LogP contribution in [0.2, 0.25) is 0 Å². The van der Waals surface area contributed by atoms with E-state index in [4.69, 9.17) is 0 Å². The van der Waals surface area contributed by atoms with Gasteiger partial charge >= 0.3 is 0 Å². The number of fused-ring (bicyclic) bond motifs is 1. The van der Waals surface area contributed by atoms with Crippen LogP contribution in [0.3, 0.4) is 0 Å². The molecule has 3 aromatic rings. The van der Waals surface area contributed by atoms with E-state index in [1.54, 1.807) is 11.3 Å². The number of thiazole rings is 1. The Bertz CT molecular complexity index is 742. The van der Waals surface area contributed by atoms with Gasteiger partial charge in [0.05, 0.1) is 15.6 Å². The predicted octanol–water partition coefficient (Wildman–Crippen LogP) is 4.15. The molecule has 18 heavy (non-hydrogen) atoms. The smallest absolute Gasteiger partial charge is 0.137 e. The second-order valence-corrected chi connectivity index (χ2v) is 6.33. The summed E-state index contributed by atoms with van der Waals surface area (Å²) in [5.74, 6) is 0. The first-order valence-electron chi connectivity index (χ1n) is 5.65. The summed E-state index contributed by atoms with van der Waals surface area (Å²) >= 11 is 5.24. The lowest BCUT2D eigenvalue weighted by Gasteiger charge is -2.00. The van der Waals surface area contributed by atoms with Crippen LogP contribution in [-0.4, -0.2) is 14.4 Å². The van der Waals surface area contributed by atoms with Crippen molar-refractivity contribution >= 4 is 32.9 Å². The number of rotatable bonds is 1. The largest absolute Gasteiger partial charge is 0.303 e. The summed E-state index contributed by atoms with van der Waals surface area (Å²) < 4.78 is 3.20. The van der Waals surface area contributed by atoms with Crippen LogP contribution in [0.4, 0.5) is 0 Å². The van der Waals surface area contributed by atoms with Crippen molar-refractivity contribution in [3.8, 4) is 10.6 Å². The number of hydrogen-bond donors (Lipinski definition) is 0. The number of hydrogen-bond acceptors (Lipinski definition) is 3. The molecule has 3 aromatic heterocycles. The molecule has 0 N–H and O–H groups in total. The Balaban J connectivity index is 2.26. The van der Waals surface area contributed by atoms with E-state index in [1.165, 1.54) is 0 Å². The Morgan fingerprint density at radius 1 is 1.17 bits per heavy atom. The Kier molecular flexibility index (Phi) is 2.75. The van der Waals surface area contributed by atoms with Crippen LogP contribution < -0.4 is 0 Å². The van der Waals surface area contributed by atoms with E-state index in [1.807, 2.05) is 26.0 Å². The second kappa shape index (κ2) is 4.17. The monoisotopic (exact) mass is 321 g/mol. The third-order valence-corrected chi connectivity index (χ3v) is 4.89. The van der Waals surface area contributed by atoms with Gasteiger partial charge in [0.1, 0.15) is 11.3 Å². The molecule has 0 radical (unpaired) electrons. The summed E-state index contributed by atoms with van der Waals surface area (Å²) in [5, 5.41) is 1.08. The van der Waals surface area contributed by atoms with Crippen molar-refractivity contribution in [2.24, 2.45) is 0 Å². The van der Waals surface area contributed by atoms with Gasteiger partial charge < -0.3 is 4.40 Å². The molecule has 0 saturated heterocycles. The maximum atomic E-state index is 4.67. The van der Waals surface area contributed by atoms with E-state index >= 15 is 0 Å². The predicted molar refractivity (Wildman–Crippen MR) is 78.2 cm³/mol. The average molecular weight is 322 g/mol. The second-order valence-electron chi connectivity index (χ2n) is 4.27. The van der Waals surface area contributed by atoms with E-state index in [0.29, 0.717) is 0 Å². The molecule has 0 saturated carbocycles. The van der Waals surface area contributed by atoms with Gasteiger partial charge in [-0.3, -0.25) is 0 Å². The molecule has 0 fully saturated rings. The van der Waals surface area contributed by atoms with Crippen molar-refractivity contribution < 1.29 is 0 Å². The minimum Gasteiger partial charge on any atom is -0.303 e. The zero-order chi connectivity index (χ0) is 12.9. The van der Waals surface area contributed by atoms with E-state index in [2.05, 4.69) is 43.4 Å². The minimum atomic E-state index is 0.969. The molecule has 0 amide bonds. The molecule has 0 aliphatic carbocycles. The van der Waals surface area contributed by atoms with Crippen LogP contribution >= 0.6 is 27.3 Å². The van der Waals surface area contributed by atoms with Crippen molar-refractivity contribution in [1.29, 1.82) is 0 Å². The third kappa shape index (κ3) is 1.78. The Morgan fingerprint density at radius 3 is 2.61 bits per heavy atom. The number of halogens is 1. The summed E-state index contributed by atoms with van der Waals surface area (Å²) in [7, 11) is 0. The third-order valence-electron chi connectivity index (χ3n) is 2.96. The van der Waals surface area contributed by atoms with E-state index < -0.39 is 0 Å². The van der Waals surface area contributed by atoms with Gasteiger partial charge in [-0.05, 0) is 48.8 Å². The summed E-state index contributed by atoms with van der Waals surface area (Å²) in [5.41, 5.74) is 4.18. The van der Waals surface area contributed by atoms with Crippen LogP contribution in [0.25, 0.3) is 16.2 Å². The maximum absolute atomic E-state index is 4.67. The van der Waals surface area contributed by atoms with Crippen molar-refractivity contribution in [3.63, 3.8) is 0 Å². The van der Waals surface area contributed by atoms with Crippen molar-refractivity contribution in [1.82, 2.24) is 14.4 Å². The van der Waals surface area contributed by atoms with Gasteiger partial charge in [-0.1, -0.05) is 0 Å². The highest BCUT2D eigenvalue weighted by Crippen LogP contribution is 2.30. The van der Waals surface area contributed by atoms with Crippen LogP contribution in [0, 0.1) is 20.8 Å². The van der Waals surface area contributed by atoms with Crippen LogP contribution in [-0.2, 0) is 0 Å². The lowest BCUT2D eigenvalue weighted by molar-refractivity contribution is 1.08. The summed E-state index contributed by atoms with van der Waals surface area (Å²) in [6.45, 7) is 6.14. The molecule has 0 bridgehead atoms. The molecular formula is C13H12BrN3S. The van der Waals surface area contributed by atoms with Crippen molar-refractivity contribution in [2.75, 3.05) is 0 Å². The van der Waals surface area contributed by atoms with Crippen LogP contribution in [0.15, 0.2) is 22.8 Å². The van der Waals surface area contributed by atoms with Crippen LogP contribution in [0.1, 0.15) is 16.4 Å². The molecule has 0 aromatic carbocycles. The molecule has 0 aliphatic rings. The number of aryl methyl sites for hydroxylation is 3. The molecule has 5 heteroatoms. The number of imidazole rings is 1. The molecule has 3 heterocycles. The lowest BCUT2D eigenvalue weighted by atomic mass is 10.3. The fourth-order valence-corrected chi connectivity index (χ4v) is 3.24. The van der Waals surface area contributed by atoms with Gasteiger partial charge in [0.25, 0.3) is 0 Å². The summed E-state index contributed by atoms with van der Waals surface area (Å²) in [6.07, 6.45) is 2.08. The van der Waals surface area contributed by atoms with Crippen molar-refractivity contribution in [3.05, 3.63) is 39.2 Å². The molecule has 0 unspecified atom stereocenters. The fraction of sp³-hybridized carbons (Fsp3) is 0.231. The van der Waals surface area contributed by atoms with Gasteiger partial charge in [-0.25, -0.2) is 9.97 Å². The zero-order valence-electron chi connectivity index (χ0n) is 10.4. The molecule has 3 nitrogen and oxygen atoms in total. The quantitative estimate of drug-likeness (QED) is 0.674. The highest BCUT2D eigenvalue weighted by Gasteiger charge is 2.12. The van der Waals surface area contributed by atoms with Crippen molar-refractivity contribution in [2.45, 2.75) is 20.8 Å². The standard InChI is InChI=1S/C13H12BrN3S/c1-7-13(18-9(3)15-7)11-6-17-8(2)10(14)4-5-12(17)16-11/h4-6H,1-3H3. The molecule has 0 spiro atoms. The van der Waals surface area contributed by atoms with Gasteiger partial charge in [0, 0.05) is 16.4 Å². The number of pyridine rings is 1. The SMILES string of the molecule is Cc1nc(C)c(-c2cn3c(C)c(Br)ccc3n2)s1. The van der Waals surface area contributed by atoms with Gasteiger partial charge in [0.2, 0.25) is 0 Å². The highest BCUT2D eigenvalue weighted by molar-refractivity contribution is 9.10. The number of aromatic nitrogens is 3. The summed E-state index contributed by atoms with van der Waals surface area (Å²) in [6, 6.07) is 4.05. The van der Waals surface area contributed by atoms with Crippen LogP contribution in [0.5, 0.6) is 0 Å². The molecule has 0 atom stereocenters. The Morgan fingerprint density at radius 2 is 1.94 bits per heavy atom. The summed E-state index contributed by atoms with van der Waals surface area (Å²) in [4.78, 5) is 10.3.